The molecule has 0 N–H and O–H groups in total. The van der Waals surface area contributed by atoms with Crippen molar-refractivity contribution >= 4 is 23.6 Å². The Morgan fingerprint density at radius 3 is 2.86 bits per heavy atom. The van der Waals surface area contributed by atoms with Gasteiger partial charge in [-0.2, -0.15) is 0 Å². The number of amides is 1. The Bertz CT molecular complexity index is 855. The molecule has 0 aliphatic carbocycles. The molecule has 0 bridgehead atoms. The van der Waals surface area contributed by atoms with Gasteiger partial charge in [0.15, 0.2) is 5.16 Å². The zero-order valence-corrected chi connectivity index (χ0v) is 17.4. The van der Waals surface area contributed by atoms with Crippen molar-refractivity contribution in [3.05, 3.63) is 30.1 Å². The number of hydrogen-bond acceptors (Lipinski definition) is 6. The van der Waals surface area contributed by atoms with Crippen LogP contribution >= 0.6 is 11.8 Å². The maximum atomic E-state index is 13.9. The lowest BCUT2D eigenvalue weighted by Gasteiger charge is -2.30. The van der Waals surface area contributed by atoms with E-state index in [1.54, 1.807) is 6.07 Å². The molecule has 0 saturated carbocycles. The van der Waals surface area contributed by atoms with Crippen molar-refractivity contribution in [3.63, 3.8) is 0 Å². The molecule has 0 radical (unpaired) electrons. The number of ether oxygens (including phenoxy) is 1. The smallest absolute Gasteiger partial charge is 0.233 e. The van der Waals surface area contributed by atoms with Gasteiger partial charge in [-0.3, -0.25) is 9.36 Å². The van der Waals surface area contributed by atoms with Crippen LogP contribution in [0.1, 0.15) is 19.8 Å². The molecule has 0 unspecified atom stereocenters. The number of carbonyl (C=O) groups is 1. The molecular weight excluding hydrogens is 393 g/mol. The quantitative estimate of drug-likeness (QED) is 0.695. The van der Waals surface area contributed by atoms with Gasteiger partial charge >= 0.3 is 0 Å². The third-order valence-electron chi connectivity index (χ3n) is 5.31. The van der Waals surface area contributed by atoms with E-state index >= 15 is 0 Å². The predicted molar refractivity (Wildman–Crippen MR) is 110 cm³/mol. The average Bonchev–Trinajstić information content (AvgIpc) is 3.16. The highest BCUT2D eigenvalue weighted by Crippen LogP contribution is 2.28. The number of halogens is 1. The summed E-state index contributed by atoms with van der Waals surface area (Å²) in [6, 6.07) is 6.37. The molecule has 1 aromatic heterocycles. The predicted octanol–water partition coefficient (Wildman–Crippen LogP) is 2.59. The normalized spacial score (nSPS) is 20.1. The maximum Gasteiger partial charge on any atom is 0.233 e. The number of likely N-dealkylation sites (tertiary alicyclic amines) is 1. The van der Waals surface area contributed by atoms with E-state index in [-0.39, 0.29) is 11.7 Å². The summed E-state index contributed by atoms with van der Waals surface area (Å²) in [5.74, 6) is 1.28. The molecule has 1 atom stereocenters. The minimum atomic E-state index is -0.321. The molecule has 4 rings (SSSR count). The van der Waals surface area contributed by atoms with E-state index in [4.69, 9.17) is 4.74 Å². The third-order valence-corrected chi connectivity index (χ3v) is 6.22. The first-order chi connectivity index (χ1) is 14.1. The fraction of sp³-hybridized carbons (Fsp3) is 0.550. The van der Waals surface area contributed by atoms with Crippen molar-refractivity contribution in [2.45, 2.75) is 24.9 Å². The van der Waals surface area contributed by atoms with Crippen LogP contribution in [0.3, 0.4) is 0 Å². The Balaban J connectivity index is 1.56. The Labute approximate surface area is 174 Å². The number of morpholine rings is 1. The van der Waals surface area contributed by atoms with Crippen LogP contribution in [0.2, 0.25) is 0 Å². The molecular formula is C20H26FN5O2S. The van der Waals surface area contributed by atoms with Crippen molar-refractivity contribution in [1.82, 2.24) is 19.7 Å². The first kappa shape index (κ1) is 20.2. The number of thioether (sulfide) groups is 1. The lowest BCUT2D eigenvalue weighted by Crippen LogP contribution is -2.40. The molecule has 156 valence electrons. The molecule has 2 fully saturated rings. The second kappa shape index (κ2) is 9.13. The van der Waals surface area contributed by atoms with Gasteiger partial charge in [-0.05, 0) is 37.0 Å². The Hall–Kier alpha value is -2.13. The molecule has 29 heavy (non-hydrogen) atoms. The van der Waals surface area contributed by atoms with E-state index in [0.29, 0.717) is 54.8 Å². The molecule has 0 spiro atoms. The van der Waals surface area contributed by atoms with Gasteiger partial charge in [0.2, 0.25) is 11.9 Å². The van der Waals surface area contributed by atoms with Crippen LogP contribution in [0.4, 0.5) is 10.3 Å². The van der Waals surface area contributed by atoms with Crippen LogP contribution in [0.15, 0.2) is 29.4 Å². The molecule has 2 aromatic rings. The number of benzene rings is 1. The highest BCUT2D eigenvalue weighted by molar-refractivity contribution is 7.99. The zero-order chi connectivity index (χ0) is 20.2. The maximum absolute atomic E-state index is 13.9. The second-order valence-electron chi connectivity index (χ2n) is 7.57. The number of aromatic nitrogens is 3. The molecule has 1 amide bonds. The number of carbonyl (C=O) groups excluding carboxylic acids is 1. The topological polar surface area (TPSA) is 63.5 Å². The summed E-state index contributed by atoms with van der Waals surface area (Å²) in [6.45, 7) is 6.44. The number of hydrogen-bond donors (Lipinski definition) is 0. The van der Waals surface area contributed by atoms with Gasteiger partial charge in [0.25, 0.3) is 0 Å². The van der Waals surface area contributed by atoms with Crippen LogP contribution in [0.5, 0.6) is 0 Å². The van der Waals surface area contributed by atoms with E-state index in [9.17, 15) is 9.18 Å². The van der Waals surface area contributed by atoms with Crippen LogP contribution in [0, 0.1) is 11.7 Å². The largest absolute Gasteiger partial charge is 0.378 e. The summed E-state index contributed by atoms with van der Waals surface area (Å²) in [7, 11) is 0. The first-order valence-electron chi connectivity index (χ1n) is 10.1. The highest BCUT2D eigenvalue weighted by atomic mass is 32.2. The van der Waals surface area contributed by atoms with Crippen LogP contribution in [-0.2, 0) is 9.53 Å². The van der Waals surface area contributed by atoms with E-state index in [1.165, 1.54) is 30.3 Å². The molecule has 2 aliphatic rings. The van der Waals surface area contributed by atoms with Crippen LogP contribution < -0.4 is 4.90 Å². The zero-order valence-electron chi connectivity index (χ0n) is 16.6. The van der Waals surface area contributed by atoms with Crippen LogP contribution in [0.25, 0.3) is 5.69 Å². The van der Waals surface area contributed by atoms with Gasteiger partial charge in [-0.15, -0.1) is 10.2 Å². The van der Waals surface area contributed by atoms with Gasteiger partial charge in [0.05, 0.1) is 24.7 Å². The van der Waals surface area contributed by atoms with E-state index in [1.807, 2.05) is 15.5 Å². The van der Waals surface area contributed by atoms with Gasteiger partial charge in [0.1, 0.15) is 5.82 Å². The molecule has 7 nitrogen and oxygen atoms in total. The molecule has 1 aromatic carbocycles. The minimum absolute atomic E-state index is 0.114. The Morgan fingerprint density at radius 2 is 2.10 bits per heavy atom. The minimum Gasteiger partial charge on any atom is -0.378 e. The lowest BCUT2D eigenvalue weighted by atomic mass is 10.0. The number of nitrogens with zero attached hydrogens (tertiary/aromatic N) is 5. The Kier molecular flexibility index (Phi) is 6.34. The Morgan fingerprint density at radius 1 is 1.28 bits per heavy atom. The molecule has 2 saturated heterocycles. The van der Waals surface area contributed by atoms with E-state index < -0.39 is 0 Å². The van der Waals surface area contributed by atoms with Crippen molar-refractivity contribution in [2.75, 3.05) is 50.0 Å². The van der Waals surface area contributed by atoms with Crippen molar-refractivity contribution in [1.29, 1.82) is 0 Å². The fourth-order valence-corrected chi connectivity index (χ4v) is 4.65. The number of piperidine rings is 1. The lowest BCUT2D eigenvalue weighted by molar-refractivity contribution is -0.130. The fourth-order valence-electron chi connectivity index (χ4n) is 3.80. The summed E-state index contributed by atoms with van der Waals surface area (Å²) >= 11 is 1.35. The molecule has 2 aliphatic heterocycles. The molecule has 3 heterocycles. The summed E-state index contributed by atoms with van der Waals surface area (Å²) in [4.78, 5) is 16.7. The molecule has 9 heteroatoms. The van der Waals surface area contributed by atoms with Crippen molar-refractivity contribution in [3.8, 4) is 5.69 Å². The van der Waals surface area contributed by atoms with Gasteiger partial charge in [0, 0.05) is 26.2 Å². The first-order valence-corrected chi connectivity index (χ1v) is 11.0. The summed E-state index contributed by atoms with van der Waals surface area (Å²) in [6.07, 6.45) is 2.23. The van der Waals surface area contributed by atoms with Gasteiger partial charge in [-0.25, -0.2) is 4.39 Å². The SMILES string of the molecule is C[C@@H]1CCCN(C(=O)CSc2nnc(N3CCOCC3)n2-c2cccc(F)c2)C1. The number of anilines is 1. The second-order valence-corrected chi connectivity index (χ2v) is 8.52. The average molecular weight is 420 g/mol. The number of rotatable bonds is 5. The van der Waals surface area contributed by atoms with E-state index in [2.05, 4.69) is 22.0 Å². The summed E-state index contributed by atoms with van der Waals surface area (Å²) in [5.41, 5.74) is 0.651. The van der Waals surface area contributed by atoms with Crippen molar-refractivity contribution < 1.29 is 13.9 Å². The standard InChI is InChI=1S/C20H26FN5O2S/c1-15-4-3-7-25(13-15)18(27)14-29-20-23-22-19(24-8-10-28-11-9-24)26(20)17-6-2-5-16(21)12-17/h2,5-6,12,15H,3-4,7-11,13-14H2,1H3/t15-/m1/s1. The van der Waals surface area contributed by atoms with E-state index in [0.717, 1.165) is 19.5 Å². The summed E-state index contributed by atoms with van der Waals surface area (Å²) in [5, 5.41) is 9.29. The van der Waals surface area contributed by atoms with Gasteiger partial charge < -0.3 is 14.5 Å². The third kappa shape index (κ3) is 4.72. The highest BCUT2D eigenvalue weighted by Gasteiger charge is 2.25. The van der Waals surface area contributed by atoms with Crippen LogP contribution in [-0.4, -0.2) is 70.7 Å². The van der Waals surface area contributed by atoms with Crippen molar-refractivity contribution in [2.24, 2.45) is 5.92 Å². The monoisotopic (exact) mass is 419 g/mol. The summed E-state index contributed by atoms with van der Waals surface area (Å²) < 4.78 is 21.2. The van der Waals surface area contributed by atoms with Gasteiger partial charge in [-0.1, -0.05) is 24.8 Å².